The van der Waals surface area contributed by atoms with Crippen molar-refractivity contribution in [1.29, 1.82) is 0 Å². The standard InChI is InChI=1S/C23H31NO4S2/c25-21(28-24-23-10-15-6-16(11-23)8-17(7-15)12-23)9-20(18-4-2-1-3-5-18)27-22(26)19(13-29)14-30/h1-5,15-17,19-20,24,29-30H,6-14H2. The molecule has 1 atom stereocenters. The van der Waals surface area contributed by atoms with Crippen molar-refractivity contribution in [3.8, 4) is 0 Å². The lowest BCUT2D eigenvalue weighted by Crippen LogP contribution is -2.58. The summed E-state index contributed by atoms with van der Waals surface area (Å²) in [4.78, 5) is 30.7. The molecule has 5 rings (SSSR count). The van der Waals surface area contributed by atoms with Crippen LogP contribution in [0.25, 0.3) is 0 Å². The Balaban J connectivity index is 1.37. The average molecular weight is 450 g/mol. The summed E-state index contributed by atoms with van der Waals surface area (Å²) in [7, 11) is 0. The zero-order valence-corrected chi connectivity index (χ0v) is 19.0. The van der Waals surface area contributed by atoms with Gasteiger partial charge in [-0.1, -0.05) is 30.3 Å². The number of nitrogens with one attached hydrogen (secondary N) is 1. The number of benzene rings is 1. The van der Waals surface area contributed by atoms with E-state index in [1.165, 1.54) is 19.3 Å². The maximum atomic E-state index is 12.7. The Morgan fingerprint density at radius 1 is 1.00 bits per heavy atom. The molecule has 4 bridgehead atoms. The zero-order valence-electron chi connectivity index (χ0n) is 17.2. The van der Waals surface area contributed by atoms with Gasteiger partial charge >= 0.3 is 11.9 Å². The minimum absolute atomic E-state index is 0.0268. The summed E-state index contributed by atoms with van der Waals surface area (Å²) in [5.74, 6) is 1.78. The molecule has 7 heteroatoms. The van der Waals surface area contributed by atoms with Crippen molar-refractivity contribution in [2.24, 2.45) is 23.7 Å². The number of hydrogen-bond donors (Lipinski definition) is 3. The van der Waals surface area contributed by atoms with E-state index in [1.54, 1.807) is 0 Å². The molecule has 0 heterocycles. The number of ether oxygens (including phenoxy) is 1. The van der Waals surface area contributed by atoms with Crippen LogP contribution in [0.4, 0.5) is 0 Å². The predicted octanol–water partition coefficient (Wildman–Crippen LogP) is 4.15. The van der Waals surface area contributed by atoms with Crippen molar-refractivity contribution < 1.29 is 19.2 Å². The molecule has 1 N–H and O–H groups in total. The third kappa shape index (κ3) is 5.00. The van der Waals surface area contributed by atoms with Crippen LogP contribution in [-0.2, 0) is 19.2 Å². The molecule has 0 aliphatic heterocycles. The van der Waals surface area contributed by atoms with Gasteiger partial charge in [-0.25, -0.2) is 0 Å². The van der Waals surface area contributed by atoms with Crippen molar-refractivity contribution in [2.45, 2.75) is 56.6 Å². The van der Waals surface area contributed by atoms with E-state index in [9.17, 15) is 9.59 Å². The molecule has 4 aliphatic rings. The van der Waals surface area contributed by atoms with Gasteiger partial charge in [-0.3, -0.25) is 9.59 Å². The summed E-state index contributed by atoms with van der Waals surface area (Å²) < 4.78 is 5.68. The van der Waals surface area contributed by atoms with E-state index >= 15 is 0 Å². The third-order valence-electron chi connectivity index (χ3n) is 6.98. The number of hydrogen-bond acceptors (Lipinski definition) is 7. The lowest BCUT2D eigenvalue weighted by atomic mass is 9.53. The van der Waals surface area contributed by atoms with E-state index in [0.717, 1.165) is 42.6 Å². The summed E-state index contributed by atoms with van der Waals surface area (Å²) in [6.45, 7) is 0. The SMILES string of the molecule is O=C(CC(OC(=O)C(CS)CS)c1ccccc1)ONC12CC3CC(CC(C3)C1)C2. The molecule has 0 spiro atoms. The van der Waals surface area contributed by atoms with E-state index < -0.39 is 24.0 Å². The van der Waals surface area contributed by atoms with Crippen molar-refractivity contribution in [3.05, 3.63) is 35.9 Å². The largest absolute Gasteiger partial charge is 0.457 e. The van der Waals surface area contributed by atoms with Crippen LogP contribution < -0.4 is 5.48 Å². The van der Waals surface area contributed by atoms with Crippen LogP contribution in [0.2, 0.25) is 0 Å². The summed E-state index contributed by atoms with van der Waals surface area (Å²) in [6, 6.07) is 9.33. The Kier molecular flexibility index (Phi) is 7.00. The number of carbonyl (C=O) groups is 2. The molecule has 4 aliphatic carbocycles. The Bertz CT molecular complexity index is 718. The van der Waals surface area contributed by atoms with E-state index in [4.69, 9.17) is 9.57 Å². The van der Waals surface area contributed by atoms with Crippen LogP contribution >= 0.6 is 25.3 Å². The molecule has 5 nitrogen and oxygen atoms in total. The van der Waals surface area contributed by atoms with Gasteiger partial charge in [-0.15, -0.1) is 5.48 Å². The summed E-state index contributed by atoms with van der Waals surface area (Å²) in [5, 5.41) is 0. The molecular formula is C23H31NO4S2. The van der Waals surface area contributed by atoms with E-state index in [1.807, 2.05) is 30.3 Å². The number of thiol groups is 2. The predicted molar refractivity (Wildman–Crippen MR) is 121 cm³/mol. The van der Waals surface area contributed by atoms with Gasteiger partial charge in [0.1, 0.15) is 6.10 Å². The second kappa shape index (κ2) is 9.53. The maximum Gasteiger partial charge on any atom is 0.328 e. The first kappa shape index (κ1) is 22.0. The first-order chi connectivity index (χ1) is 14.5. The first-order valence-electron chi connectivity index (χ1n) is 10.9. The maximum absolute atomic E-state index is 12.7. The Hall–Kier alpha value is -1.18. The molecule has 1 aromatic carbocycles. The normalized spacial score (nSPS) is 30.3. The van der Waals surface area contributed by atoms with Crippen molar-refractivity contribution in [1.82, 2.24) is 5.48 Å². The Morgan fingerprint density at radius 2 is 1.57 bits per heavy atom. The van der Waals surface area contributed by atoms with Gasteiger partial charge in [-0.2, -0.15) is 25.3 Å². The lowest BCUT2D eigenvalue weighted by molar-refractivity contribution is -0.171. The summed E-state index contributed by atoms with van der Waals surface area (Å²) in [6.07, 6.45) is 6.56. The fraction of sp³-hybridized carbons (Fsp3) is 0.652. The molecule has 30 heavy (non-hydrogen) atoms. The molecule has 4 fully saturated rings. The first-order valence-corrected chi connectivity index (χ1v) is 12.2. The molecular weight excluding hydrogens is 418 g/mol. The molecule has 1 aromatic rings. The van der Waals surface area contributed by atoms with Crippen LogP contribution in [0.1, 0.15) is 56.6 Å². The highest BCUT2D eigenvalue weighted by atomic mass is 32.1. The van der Waals surface area contributed by atoms with E-state index in [-0.39, 0.29) is 12.0 Å². The van der Waals surface area contributed by atoms with Crippen LogP contribution in [-0.4, -0.2) is 29.0 Å². The van der Waals surface area contributed by atoms with Gasteiger partial charge in [0.15, 0.2) is 0 Å². The second-order valence-electron chi connectivity index (χ2n) is 9.38. The molecule has 4 saturated carbocycles. The van der Waals surface area contributed by atoms with Crippen LogP contribution in [0.5, 0.6) is 0 Å². The summed E-state index contributed by atoms with van der Waals surface area (Å²) >= 11 is 8.40. The monoisotopic (exact) mass is 449 g/mol. The van der Waals surface area contributed by atoms with Gasteiger partial charge in [0, 0.05) is 11.5 Å². The topological polar surface area (TPSA) is 64.6 Å². The average Bonchev–Trinajstić information content (AvgIpc) is 2.72. The number of rotatable bonds is 9. The van der Waals surface area contributed by atoms with Crippen molar-refractivity contribution in [2.75, 3.05) is 11.5 Å². The molecule has 0 amide bonds. The van der Waals surface area contributed by atoms with Gasteiger partial charge < -0.3 is 9.57 Å². The summed E-state index contributed by atoms with van der Waals surface area (Å²) in [5.41, 5.74) is 3.88. The lowest BCUT2D eigenvalue weighted by Gasteiger charge is -2.56. The molecule has 1 unspecified atom stereocenters. The number of esters is 1. The Labute approximate surface area is 189 Å². The van der Waals surface area contributed by atoms with Gasteiger partial charge in [-0.05, 0) is 61.8 Å². The van der Waals surface area contributed by atoms with Crippen LogP contribution in [0, 0.1) is 23.7 Å². The van der Waals surface area contributed by atoms with Crippen molar-refractivity contribution >= 4 is 37.2 Å². The fourth-order valence-corrected chi connectivity index (χ4v) is 6.69. The smallest absolute Gasteiger partial charge is 0.328 e. The fourth-order valence-electron chi connectivity index (χ4n) is 5.93. The molecule has 0 radical (unpaired) electrons. The number of carbonyl (C=O) groups excluding carboxylic acids is 2. The van der Waals surface area contributed by atoms with Gasteiger partial charge in [0.05, 0.1) is 17.9 Å². The highest BCUT2D eigenvalue weighted by Crippen LogP contribution is 2.55. The van der Waals surface area contributed by atoms with Crippen LogP contribution in [0.15, 0.2) is 30.3 Å². The minimum Gasteiger partial charge on any atom is -0.457 e. The Morgan fingerprint density at radius 3 is 2.10 bits per heavy atom. The number of hydroxylamine groups is 1. The minimum atomic E-state index is -0.688. The molecule has 164 valence electrons. The molecule has 0 saturated heterocycles. The quantitative estimate of drug-likeness (QED) is 0.300. The van der Waals surface area contributed by atoms with E-state index in [2.05, 4.69) is 30.7 Å². The highest BCUT2D eigenvalue weighted by molar-refractivity contribution is 7.81. The van der Waals surface area contributed by atoms with Crippen LogP contribution in [0.3, 0.4) is 0 Å². The van der Waals surface area contributed by atoms with Crippen molar-refractivity contribution in [3.63, 3.8) is 0 Å². The highest BCUT2D eigenvalue weighted by Gasteiger charge is 2.51. The third-order valence-corrected chi connectivity index (χ3v) is 7.86. The molecule has 0 aromatic heterocycles. The zero-order chi connectivity index (χ0) is 21.1. The second-order valence-corrected chi connectivity index (χ2v) is 10.1. The van der Waals surface area contributed by atoms with E-state index in [0.29, 0.717) is 11.5 Å². The van der Waals surface area contributed by atoms with Gasteiger partial charge in [0.2, 0.25) is 0 Å². The van der Waals surface area contributed by atoms with Gasteiger partial charge in [0.25, 0.3) is 0 Å².